The Balaban J connectivity index is 1.63. The fraction of sp³-hybridized carbons (Fsp3) is 0.267. The summed E-state index contributed by atoms with van der Waals surface area (Å²) in [7, 11) is 6.36. The normalized spacial score (nSPS) is 18.2. The highest BCUT2D eigenvalue weighted by atomic mass is 16.5. The molecule has 2 atom stereocenters. The second-order valence-electron chi connectivity index (χ2n) is 9.31. The zero-order valence-corrected chi connectivity index (χ0v) is 21.7. The van der Waals surface area contributed by atoms with Crippen molar-refractivity contribution in [2.75, 3.05) is 33.8 Å². The number of ketones is 1. The average molecular weight is 516 g/mol. The maximum Gasteiger partial charge on any atom is 0.335 e. The van der Waals surface area contributed by atoms with Gasteiger partial charge in [-0.15, -0.1) is 0 Å². The Morgan fingerprint density at radius 1 is 0.816 bits per heavy atom. The van der Waals surface area contributed by atoms with Crippen LogP contribution >= 0.6 is 0 Å². The van der Waals surface area contributed by atoms with Crippen LogP contribution in [0.4, 0.5) is 5.69 Å². The predicted molar refractivity (Wildman–Crippen MR) is 142 cm³/mol. The minimum atomic E-state index is -1.00. The molecular formula is C30H29NO7. The predicted octanol–water partition coefficient (Wildman–Crippen LogP) is 5.38. The molecule has 0 fully saturated rings. The van der Waals surface area contributed by atoms with Gasteiger partial charge in [0.15, 0.2) is 17.3 Å². The fourth-order valence-electron chi connectivity index (χ4n) is 5.47. The van der Waals surface area contributed by atoms with Crippen molar-refractivity contribution in [1.82, 2.24) is 0 Å². The summed E-state index contributed by atoms with van der Waals surface area (Å²) < 4.78 is 22.1. The number of carbonyl (C=O) groups excluding carboxylic acids is 1. The first-order chi connectivity index (χ1) is 18.4. The van der Waals surface area contributed by atoms with Crippen LogP contribution in [0.5, 0.6) is 23.0 Å². The topological polar surface area (TPSA) is 103 Å². The molecule has 0 amide bonds. The summed E-state index contributed by atoms with van der Waals surface area (Å²) in [6.45, 7) is 0. The van der Waals surface area contributed by atoms with Gasteiger partial charge in [-0.05, 0) is 47.7 Å². The molecule has 38 heavy (non-hydrogen) atoms. The van der Waals surface area contributed by atoms with E-state index in [9.17, 15) is 14.7 Å². The van der Waals surface area contributed by atoms with Crippen molar-refractivity contribution >= 4 is 17.4 Å². The summed E-state index contributed by atoms with van der Waals surface area (Å²) in [5, 5.41) is 12.9. The summed E-state index contributed by atoms with van der Waals surface area (Å²) in [4.78, 5) is 25.3. The van der Waals surface area contributed by atoms with Crippen LogP contribution in [-0.4, -0.2) is 45.3 Å². The molecule has 2 unspecified atom stereocenters. The van der Waals surface area contributed by atoms with Crippen LogP contribution in [0.1, 0.15) is 51.7 Å². The van der Waals surface area contributed by atoms with Crippen LogP contribution in [0.25, 0.3) is 0 Å². The quantitative estimate of drug-likeness (QED) is 0.433. The van der Waals surface area contributed by atoms with E-state index < -0.39 is 11.9 Å². The van der Waals surface area contributed by atoms with Gasteiger partial charge in [0.1, 0.15) is 11.5 Å². The van der Waals surface area contributed by atoms with Crippen molar-refractivity contribution in [2.24, 2.45) is 0 Å². The number of rotatable bonds is 7. The maximum atomic E-state index is 13.9. The van der Waals surface area contributed by atoms with E-state index in [4.69, 9.17) is 18.9 Å². The zero-order valence-electron chi connectivity index (χ0n) is 21.7. The number of fused-ring (bicyclic) bond motifs is 1. The number of methoxy groups -OCH3 is 4. The number of anilines is 1. The number of benzene rings is 3. The lowest BCUT2D eigenvalue weighted by Crippen LogP contribution is -2.30. The maximum absolute atomic E-state index is 13.9. The van der Waals surface area contributed by atoms with Crippen molar-refractivity contribution in [3.05, 3.63) is 88.1 Å². The molecule has 5 rings (SSSR count). The third kappa shape index (κ3) is 4.32. The Labute approximate surface area is 220 Å². The number of carboxylic acid groups (broad SMARTS) is 1. The van der Waals surface area contributed by atoms with E-state index >= 15 is 0 Å². The fourth-order valence-corrected chi connectivity index (χ4v) is 5.47. The highest BCUT2D eigenvalue weighted by Crippen LogP contribution is 2.52. The molecule has 1 aliphatic heterocycles. The number of carbonyl (C=O) groups is 2. The number of ether oxygens (including phenoxy) is 4. The summed E-state index contributed by atoms with van der Waals surface area (Å²) in [5.41, 5.74) is 5.08. The smallest absolute Gasteiger partial charge is 0.335 e. The molecule has 3 aromatic carbocycles. The third-order valence-corrected chi connectivity index (χ3v) is 7.31. The van der Waals surface area contributed by atoms with E-state index in [1.165, 1.54) is 0 Å². The number of nitrogens with one attached hydrogen (secondary N) is 1. The highest BCUT2D eigenvalue weighted by Gasteiger charge is 2.40. The molecule has 1 heterocycles. The molecular weight excluding hydrogens is 486 g/mol. The van der Waals surface area contributed by atoms with E-state index in [2.05, 4.69) is 5.32 Å². The van der Waals surface area contributed by atoms with Crippen LogP contribution in [0.2, 0.25) is 0 Å². The van der Waals surface area contributed by atoms with E-state index in [0.717, 1.165) is 28.1 Å². The molecule has 0 spiro atoms. The number of hydrogen-bond donors (Lipinski definition) is 2. The van der Waals surface area contributed by atoms with Gasteiger partial charge >= 0.3 is 5.97 Å². The first-order valence-electron chi connectivity index (χ1n) is 12.2. The molecule has 3 aromatic rings. The Kier molecular flexibility index (Phi) is 6.72. The third-order valence-electron chi connectivity index (χ3n) is 7.31. The molecule has 0 bridgehead atoms. The van der Waals surface area contributed by atoms with Crippen molar-refractivity contribution in [3.8, 4) is 23.0 Å². The highest BCUT2D eigenvalue weighted by molar-refractivity contribution is 6.02. The van der Waals surface area contributed by atoms with Crippen LogP contribution in [0.3, 0.4) is 0 Å². The first kappa shape index (κ1) is 25.2. The summed E-state index contributed by atoms with van der Waals surface area (Å²) in [5.74, 6) is 0.986. The Morgan fingerprint density at radius 2 is 1.50 bits per heavy atom. The summed E-state index contributed by atoms with van der Waals surface area (Å²) >= 11 is 0. The lowest BCUT2D eigenvalue weighted by Gasteiger charge is -2.37. The number of Topliss-reactive ketones (excluding diaryl/α,β-unsaturated/α-hetero) is 1. The molecule has 1 aliphatic carbocycles. The minimum absolute atomic E-state index is 0.0226. The average Bonchev–Trinajstić information content (AvgIpc) is 2.94. The van der Waals surface area contributed by atoms with Crippen LogP contribution in [0, 0.1) is 0 Å². The second-order valence-corrected chi connectivity index (χ2v) is 9.31. The van der Waals surface area contributed by atoms with Gasteiger partial charge in [-0.1, -0.05) is 18.2 Å². The molecule has 2 aliphatic rings. The van der Waals surface area contributed by atoms with Gasteiger partial charge in [0.05, 0.1) is 34.0 Å². The van der Waals surface area contributed by atoms with Gasteiger partial charge in [0.25, 0.3) is 0 Å². The van der Waals surface area contributed by atoms with Crippen molar-refractivity contribution < 1.29 is 33.6 Å². The van der Waals surface area contributed by atoms with Gasteiger partial charge in [0.2, 0.25) is 0 Å². The first-order valence-corrected chi connectivity index (χ1v) is 12.2. The van der Waals surface area contributed by atoms with Gasteiger partial charge < -0.3 is 29.4 Å². The second kappa shape index (κ2) is 10.1. The van der Waals surface area contributed by atoms with Crippen LogP contribution in [0.15, 0.2) is 65.9 Å². The summed E-state index contributed by atoms with van der Waals surface area (Å²) in [6.07, 6.45) is 0.937. The largest absolute Gasteiger partial charge is 0.497 e. The van der Waals surface area contributed by atoms with Crippen molar-refractivity contribution in [2.45, 2.75) is 24.7 Å². The van der Waals surface area contributed by atoms with Crippen LogP contribution in [-0.2, 0) is 4.79 Å². The lowest BCUT2D eigenvalue weighted by molar-refractivity contribution is -0.116. The minimum Gasteiger partial charge on any atom is -0.497 e. The lowest BCUT2D eigenvalue weighted by atomic mass is 9.71. The van der Waals surface area contributed by atoms with Crippen molar-refractivity contribution in [1.29, 1.82) is 0 Å². The molecule has 0 aromatic heterocycles. The standard InChI is InChI=1S/C30H29NO7/c1-35-20-14-22-29(26(15-20)38-4)27(16-5-7-17(8-6-16)30(33)34)28-21(31-22)11-19(12-23(28)32)18-9-10-24(36-2)25(13-18)37-3/h5-10,13-15,19,27,31H,11-12H2,1-4H3,(H,33,34). The molecule has 8 heteroatoms. The SMILES string of the molecule is COc1cc2c(c(OC)c1)C(c1ccc(C(=O)O)cc1)C1=C(CC(c3ccc(OC)c(OC)c3)CC1=O)N2. The molecule has 0 saturated heterocycles. The number of carboxylic acids is 1. The van der Waals surface area contributed by atoms with E-state index in [-0.39, 0.29) is 17.3 Å². The Hall–Kier alpha value is -4.46. The number of aromatic carboxylic acids is 1. The van der Waals surface area contributed by atoms with Crippen LogP contribution < -0.4 is 24.3 Å². The van der Waals surface area contributed by atoms with Gasteiger partial charge in [-0.3, -0.25) is 4.79 Å². The Morgan fingerprint density at radius 3 is 2.13 bits per heavy atom. The van der Waals surface area contributed by atoms with Gasteiger partial charge in [-0.2, -0.15) is 0 Å². The molecule has 8 nitrogen and oxygen atoms in total. The van der Waals surface area contributed by atoms with E-state index in [1.54, 1.807) is 58.8 Å². The van der Waals surface area contributed by atoms with E-state index in [0.29, 0.717) is 41.4 Å². The molecule has 0 saturated carbocycles. The zero-order chi connectivity index (χ0) is 27.0. The van der Waals surface area contributed by atoms with Crippen molar-refractivity contribution in [3.63, 3.8) is 0 Å². The molecule has 0 radical (unpaired) electrons. The molecule has 2 N–H and O–H groups in total. The molecule has 196 valence electrons. The number of hydrogen-bond acceptors (Lipinski definition) is 7. The van der Waals surface area contributed by atoms with Gasteiger partial charge in [-0.25, -0.2) is 4.79 Å². The number of allylic oxidation sites excluding steroid dienone is 2. The monoisotopic (exact) mass is 515 g/mol. The summed E-state index contributed by atoms with van der Waals surface area (Å²) in [6, 6.07) is 16.1. The Bertz CT molecular complexity index is 1440. The van der Waals surface area contributed by atoms with E-state index in [1.807, 2.05) is 24.3 Å². The van der Waals surface area contributed by atoms with Gasteiger partial charge in [0, 0.05) is 47.0 Å².